The highest BCUT2D eigenvalue weighted by molar-refractivity contribution is 5.97. The monoisotopic (exact) mass is 1240 g/mol. The van der Waals surface area contributed by atoms with Crippen molar-refractivity contribution in [3.8, 4) is 121 Å². The van der Waals surface area contributed by atoms with Gasteiger partial charge in [0, 0.05) is 0 Å². The smallest absolute Gasteiger partial charge is 0.343 e. The number of phenols is 19. The molecule has 8 rings (SSSR count). The molecule has 0 aromatic heterocycles. The van der Waals surface area contributed by atoms with Crippen LogP contribution in [0.2, 0.25) is 0 Å². The number of hydrogen-bond acceptors (Lipinski definition) is 34. The molecule has 0 spiro atoms. The molecule has 5 atom stereocenters. The minimum atomic E-state index is -2.77. The first-order valence-corrected chi connectivity index (χ1v) is 24.3. The summed E-state index contributed by atoms with van der Waals surface area (Å²) in [6.45, 7) is -1.46. The molecule has 0 amide bonds. The summed E-state index contributed by atoms with van der Waals surface area (Å²) in [4.78, 5) is 97.3. The lowest BCUT2D eigenvalue weighted by Crippen LogP contribution is -2.63. The van der Waals surface area contributed by atoms with Gasteiger partial charge in [-0.1, -0.05) is 0 Å². The van der Waals surface area contributed by atoms with Gasteiger partial charge >= 0.3 is 41.8 Å². The van der Waals surface area contributed by atoms with E-state index in [1.165, 1.54) is 0 Å². The fourth-order valence-corrected chi connectivity index (χ4v) is 8.00. The Hall–Kier alpha value is -13.0. The van der Waals surface area contributed by atoms with Gasteiger partial charge in [-0.25, -0.2) is 33.6 Å². The van der Waals surface area contributed by atoms with E-state index in [1.807, 2.05) is 0 Å². The number of esters is 7. The van der Waals surface area contributed by atoms with Crippen LogP contribution in [0.3, 0.4) is 0 Å². The number of benzene rings is 7. The van der Waals surface area contributed by atoms with Gasteiger partial charge in [-0.2, -0.15) is 0 Å². The molecule has 89 heavy (non-hydrogen) atoms. The third-order valence-corrected chi connectivity index (χ3v) is 12.4. The van der Waals surface area contributed by atoms with E-state index >= 15 is 0 Å². The molecule has 19 N–H and O–H groups in total. The van der Waals surface area contributed by atoms with E-state index in [0.29, 0.717) is 84.9 Å². The predicted molar refractivity (Wildman–Crippen MR) is 279 cm³/mol. The topological polar surface area (TPSA) is 578 Å². The van der Waals surface area contributed by atoms with Crippen LogP contribution >= 0.6 is 0 Å². The van der Waals surface area contributed by atoms with Crippen LogP contribution < -0.4 is 9.47 Å². The van der Waals surface area contributed by atoms with Gasteiger partial charge in [0.2, 0.25) is 23.9 Å². The molecule has 34 heteroatoms. The maximum Gasteiger partial charge on any atom is 0.343 e. The zero-order chi connectivity index (χ0) is 65.4. The van der Waals surface area contributed by atoms with Gasteiger partial charge in [-0.15, -0.1) is 0 Å². The Balaban J connectivity index is 1.26. The molecule has 0 radical (unpaired) electrons. The normalized spacial score (nSPS) is 16.0. The average molecular weight is 1240 g/mol. The van der Waals surface area contributed by atoms with Crippen molar-refractivity contribution >= 4 is 41.8 Å². The Labute approximate surface area is 491 Å². The third-order valence-electron chi connectivity index (χ3n) is 12.4. The molecule has 1 heterocycles. The zero-order valence-corrected chi connectivity index (χ0v) is 43.8. The first-order valence-electron chi connectivity index (χ1n) is 24.3. The van der Waals surface area contributed by atoms with Crippen LogP contribution in [0.5, 0.6) is 121 Å². The number of carbonyl (C=O) groups is 7. The number of carbonyl (C=O) groups excluding carboxylic acids is 7. The molecule has 1 fully saturated rings. The minimum absolute atomic E-state index is 0.413. The van der Waals surface area contributed by atoms with E-state index in [9.17, 15) is 131 Å². The lowest BCUT2D eigenvalue weighted by Gasteiger charge is -2.43. The Morgan fingerprint density at radius 3 is 0.831 bits per heavy atom. The summed E-state index contributed by atoms with van der Waals surface area (Å²) in [6, 6.07) is 7.09. The largest absolute Gasteiger partial charge is 0.504 e. The summed E-state index contributed by atoms with van der Waals surface area (Å²) in [5.41, 5.74) is -6.05. The SMILES string of the molecule is O=C(OCC1OC(OC(=O)c2cc(O)c(O)c(O)c2)C(OC(=O)c2cc(O)c(O)c(O)c2)C(OC(=O)c2cc(O)c(O)c(OC(=O)c3cc(O)c(O)c(O)c3)c2)C1OC(=O)c1cc(O)c(O)c(O)c1)c1cc(O)c(O)c(OC(=O)c2cc(O)c(O)c(O)c2)c1. The van der Waals surface area contributed by atoms with Gasteiger partial charge in [0.15, 0.2) is 121 Å². The Morgan fingerprint density at radius 2 is 0.517 bits per heavy atom. The minimum Gasteiger partial charge on any atom is -0.504 e. The maximum absolute atomic E-state index is 14.6. The van der Waals surface area contributed by atoms with Crippen LogP contribution in [0.25, 0.3) is 0 Å². The number of phenolic OH excluding ortho intramolecular Hbond substituents is 19. The third kappa shape index (κ3) is 12.9. The number of hydrogen-bond donors (Lipinski definition) is 19. The van der Waals surface area contributed by atoms with Gasteiger partial charge in [0.25, 0.3) is 0 Å². The van der Waals surface area contributed by atoms with Crippen LogP contribution in [0.4, 0.5) is 0 Å². The lowest BCUT2D eigenvalue weighted by atomic mass is 9.97. The van der Waals surface area contributed by atoms with Gasteiger partial charge in [0.1, 0.15) is 12.7 Å². The van der Waals surface area contributed by atoms with Gasteiger partial charge in [-0.3, -0.25) is 0 Å². The van der Waals surface area contributed by atoms with Crippen molar-refractivity contribution in [1.29, 1.82) is 0 Å². The first kappa shape index (κ1) is 62.0. The zero-order valence-electron chi connectivity index (χ0n) is 43.8. The highest BCUT2D eigenvalue weighted by Gasteiger charge is 2.55. The molecular weight excluding hydrogens is 1200 g/mol. The summed E-state index contributed by atoms with van der Waals surface area (Å²) >= 11 is 0. The van der Waals surface area contributed by atoms with E-state index in [1.54, 1.807) is 0 Å². The van der Waals surface area contributed by atoms with Crippen LogP contribution in [0.15, 0.2) is 84.9 Å². The maximum atomic E-state index is 14.6. The van der Waals surface area contributed by atoms with Crippen LogP contribution in [-0.2, 0) is 28.4 Å². The summed E-state index contributed by atoms with van der Waals surface area (Å²) < 4.78 is 44.0. The quantitative estimate of drug-likeness (QED) is 0.0304. The first-order chi connectivity index (χ1) is 41.8. The Bertz CT molecular complexity index is 3980. The van der Waals surface area contributed by atoms with E-state index in [2.05, 4.69) is 0 Å². The van der Waals surface area contributed by atoms with Crippen LogP contribution in [-0.4, -0.2) is 176 Å². The molecule has 1 aliphatic rings. The van der Waals surface area contributed by atoms with Gasteiger partial charge < -0.3 is 135 Å². The Kier molecular flexibility index (Phi) is 16.9. The standard InChI is InChI=1S/C55H40O34/c56-23-1-16(2-24(57)38(23)68)49(76)83-35-13-21(11-33(66)43(35)73)48(75)82-15-37-45(86-51(78)18-5-27(60)40(70)28(61)6-18)46(87-53(80)22-12-34(67)44(74)36(14-22)84-50(77)17-3-25(58)39(69)26(59)4-17)47(88-52(79)19-7-29(62)41(71)30(63)8-19)55(85-37)89-54(81)20-9-31(64)42(72)32(65)10-20/h1-14,37,45-47,55-74H,15H2. The van der Waals surface area contributed by atoms with Crippen molar-refractivity contribution in [2.75, 3.05) is 6.61 Å². The molecule has 0 aliphatic carbocycles. The number of aromatic hydroxyl groups is 19. The highest BCUT2D eigenvalue weighted by Crippen LogP contribution is 2.44. The molecule has 0 saturated carbocycles. The molecule has 7 aromatic carbocycles. The molecule has 34 nitrogen and oxygen atoms in total. The van der Waals surface area contributed by atoms with Gasteiger partial charge in [-0.05, 0) is 84.9 Å². The van der Waals surface area contributed by atoms with Crippen molar-refractivity contribution in [2.45, 2.75) is 30.7 Å². The molecule has 1 aliphatic heterocycles. The number of ether oxygens (including phenoxy) is 8. The molecule has 5 unspecified atom stereocenters. The van der Waals surface area contributed by atoms with Crippen molar-refractivity contribution in [1.82, 2.24) is 0 Å². The summed E-state index contributed by atoms with van der Waals surface area (Å²) in [7, 11) is 0. The van der Waals surface area contributed by atoms with Crippen molar-refractivity contribution in [2.24, 2.45) is 0 Å². The van der Waals surface area contributed by atoms with E-state index in [0.717, 1.165) is 0 Å². The molecular formula is C55H40O34. The lowest BCUT2D eigenvalue weighted by molar-refractivity contribution is -0.282. The number of rotatable bonds is 15. The highest BCUT2D eigenvalue weighted by atomic mass is 16.7. The molecule has 464 valence electrons. The fourth-order valence-electron chi connectivity index (χ4n) is 8.00. The van der Waals surface area contributed by atoms with Crippen molar-refractivity contribution in [3.63, 3.8) is 0 Å². The predicted octanol–water partition coefficient (Wildman–Crippen LogP) is 2.95. The fraction of sp³-hybridized carbons (Fsp3) is 0.109. The Morgan fingerprint density at radius 1 is 0.281 bits per heavy atom. The molecule has 7 aromatic rings. The second-order valence-electron chi connectivity index (χ2n) is 18.4. The summed E-state index contributed by atoms with van der Waals surface area (Å²) in [5, 5.41) is 194. The van der Waals surface area contributed by atoms with E-state index in [4.69, 9.17) is 37.9 Å². The van der Waals surface area contributed by atoms with Gasteiger partial charge in [0.05, 0.1) is 38.9 Å². The van der Waals surface area contributed by atoms with Crippen LogP contribution in [0, 0.1) is 0 Å². The van der Waals surface area contributed by atoms with E-state index < -0.39 is 239 Å². The van der Waals surface area contributed by atoms with Crippen molar-refractivity contribution in [3.05, 3.63) is 124 Å². The molecule has 0 bridgehead atoms. The summed E-state index contributed by atoms with van der Waals surface area (Å²) in [5.74, 6) is -36.3. The van der Waals surface area contributed by atoms with E-state index in [-0.39, 0.29) is 0 Å². The average Bonchev–Trinajstić information content (AvgIpc) is 0.864. The second kappa shape index (κ2) is 24.3. The van der Waals surface area contributed by atoms with Crippen LogP contribution in [0.1, 0.15) is 72.5 Å². The molecule has 1 saturated heterocycles. The summed E-state index contributed by atoms with van der Waals surface area (Å²) in [6.07, 6.45) is -13.3. The second-order valence-corrected chi connectivity index (χ2v) is 18.4. The van der Waals surface area contributed by atoms with Crippen molar-refractivity contribution < 1.29 is 168 Å².